The summed E-state index contributed by atoms with van der Waals surface area (Å²) in [6, 6.07) is 5.97. The molecular weight excluding hydrogens is 316 g/mol. The molecule has 0 saturated carbocycles. The van der Waals surface area contributed by atoms with Crippen LogP contribution in [0.4, 0.5) is 10.8 Å². The first kappa shape index (κ1) is 16.8. The van der Waals surface area contributed by atoms with Gasteiger partial charge in [-0.2, -0.15) is 0 Å². The third-order valence-corrected chi connectivity index (χ3v) is 5.02. The molecule has 1 amide bonds. The molecule has 2 N–H and O–H groups in total. The van der Waals surface area contributed by atoms with Crippen molar-refractivity contribution >= 4 is 39.8 Å². The van der Waals surface area contributed by atoms with Gasteiger partial charge in [0, 0.05) is 12.2 Å². The van der Waals surface area contributed by atoms with Crippen molar-refractivity contribution in [2.24, 2.45) is 0 Å². The minimum atomic E-state index is -0.0272. The Kier molecular flexibility index (Phi) is 6.21. The van der Waals surface area contributed by atoms with Gasteiger partial charge in [-0.1, -0.05) is 48.2 Å². The van der Waals surface area contributed by atoms with Crippen LogP contribution in [0.25, 0.3) is 0 Å². The number of carbonyl (C=O) groups is 1. The average molecular weight is 336 g/mol. The Hall–Kier alpha value is -1.60. The number of benzene rings is 1. The summed E-state index contributed by atoms with van der Waals surface area (Å²) >= 11 is 2.88. The van der Waals surface area contributed by atoms with Crippen LogP contribution in [0.2, 0.25) is 0 Å². The first-order chi connectivity index (χ1) is 10.6. The summed E-state index contributed by atoms with van der Waals surface area (Å²) in [7, 11) is 0. The number of amides is 1. The smallest absolute Gasteiger partial charge is 0.234 e. The molecule has 118 valence electrons. The molecule has 0 aliphatic heterocycles. The summed E-state index contributed by atoms with van der Waals surface area (Å²) in [5.74, 6) is 0.302. The summed E-state index contributed by atoms with van der Waals surface area (Å²) in [6.45, 7) is 6.96. The zero-order valence-corrected chi connectivity index (χ0v) is 14.6. The Bertz CT molecular complexity index is 622. The van der Waals surface area contributed by atoms with E-state index in [0.717, 1.165) is 39.3 Å². The number of hydrogen-bond donors (Lipinski definition) is 2. The fraction of sp³-hybridized carbons (Fsp3) is 0.400. The van der Waals surface area contributed by atoms with E-state index >= 15 is 0 Å². The maximum Gasteiger partial charge on any atom is 0.234 e. The maximum atomic E-state index is 12.1. The lowest BCUT2D eigenvalue weighted by atomic mass is 10.1. The van der Waals surface area contributed by atoms with E-state index in [1.54, 1.807) is 0 Å². The lowest BCUT2D eigenvalue weighted by molar-refractivity contribution is -0.113. The van der Waals surface area contributed by atoms with Gasteiger partial charge in [0.15, 0.2) is 4.34 Å². The lowest BCUT2D eigenvalue weighted by Gasteiger charge is -2.10. The SMILES string of the molecule is CCCNc1nnc(SCC(=O)Nc2c(C)cccc2C)s1. The predicted molar refractivity (Wildman–Crippen MR) is 94.0 cm³/mol. The molecule has 0 bridgehead atoms. The number of hydrogen-bond acceptors (Lipinski definition) is 6. The van der Waals surface area contributed by atoms with Crippen LogP contribution in [0.3, 0.4) is 0 Å². The van der Waals surface area contributed by atoms with E-state index in [1.165, 1.54) is 23.1 Å². The molecule has 22 heavy (non-hydrogen) atoms. The number of para-hydroxylation sites is 1. The van der Waals surface area contributed by atoms with Gasteiger partial charge in [0.2, 0.25) is 11.0 Å². The lowest BCUT2D eigenvalue weighted by Crippen LogP contribution is -2.15. The fourth-order valence-electron chi connectivity index (χ4n) is 1.89. The average Bonchev–Trinajstić information content (AvgIpc) is 2.95. The van der Waals surface area contributed by atoms with Crippen LogP contribution in [0.15, 0.2) is 22.5 Å². The summed E-state index contributed by atoms with van der Waals surface area (Å²) in [5.41, 5.74) is 3.04. The van der Waals surface area contributed by atoms with E-state index in [2.05, 4.69) is 27.8 Å². The summed E-state index contributed by atoms with van der Waals surface area (Å²) in [4.78, 5) is 12.1. The quantitative estimate of drug-likeness (QED) is 0.755. The van der Waals surface area contributed by atoms with Crippen molar-refractivity contribution in [2.45, 2.75) is 31.5 Å². The number of rotatable bonds is 7. The van der Waals surface area contributed by atoms with Gasteiger partial charge < -0.3 is 10.6 Å². The molecule has 1 aromatic heterocycles. The Labute approximate surface area is 138 Å². The van der Waals surface area contributed by atoms with Gasteiger partial charge in [-0.15, -0.1) is 10.2 Å². The molecule has 2 rings (SSSR count). The topological polar surface area (TPSA) is 66.9 Å². The molecule has 0 fully saturated rings. The van der Waals surface area contributed by atoms with Crippen LogP contribution in [0.5, 0.6) is 0 Å². The third-order valence-electron chi connectivity index (χ3n) is 3.00. The largest absolute Gasteiger partial charge is 0.360 e. The minimum absolute atomic E-state index is 0.0272. The van der Waals surface area contributed by atoms with Crippen LogP contribution < -0.4 is 10.6 Å². The number of nitrogens with zero attached hydrogens (tertiary/aromatic N) is 2. The van der Waals surface area contributed by atoms with Crippen LogP contribution in [-0.4, -0.2) is 28.4 Å². The number of carbonyl (C=O) groups excluding carboxylic acids is 1. The normalized spacial score (nSPS) is 10.5. The number of aromatic nitrogens is 2. The zero-order valence-electron chi connectivity index (χ0n) is 13.0. The van der Waals surface area contributed by atoms with Gasteiger partial charge in [-0.3, -0.25) is 4.79 Å². The van der Waals surface area contributed by atoms with Crippen LogP contribution in [0.1, 0.15) is 24.5 Å². The van der Waals surface area contributed by atoms with E-state index in [9.17, 15) is 4.79 Å². The van der Waals surface area contributed by atoms with Crippen LogP contribution >= 0.6 is 23.1 Å². The van der Waals surface area contributed by atoms with E-state index in [4.69, 9.17) is 0 Å². The number of aryl methyl sites for hydroxylation is 2. The summed E-state index contributed by atoms with van der Waals surface area (Å²) in [5, 5.41) is 15.1. The number of anilines is 2. The van der Waals surface area contributed by atoms with Gasteiger partial charge in [0.05, 0.1) is 5.75 Å². The first-order valence-electron chi connectivity index (χ1n) is 7.16. The van der Waals surface area contributed by atoms with Crippen LogP contribution in [0, 0.1) is 13.8 Å². The number of nitrogens with one attached hydrogen (secondary N) is 2. The first-order valence-corrected chi connectivity index (χ1v) is 8.96. The van der Waals surface area contributed by atoms with Crippen molar-refractivity contribution in [3.63, 3.8) is 0 Å². The highest BCUT2D eigenvalue weighted by Crippen LogP contribution is 2.26. The molecule has 0 radical (unpaired) electrons. The molecule has 1 aromatic carbocycles. The monoisotopic (exact) mass is 336 g/mol. The molecule has 2 aromatic rings. The third kappa shape index (κ3) is 4.71. The highest BCUT2D eigenvalue weighted by Gasteiger charge is 2.10. The molecule has 7 heteroatoms. The molecular formula is C15H20N4OS2. The molecule has 0 unspecified atom stereocenters. The van der Waals surface area contributed by atoms with Crippen molar-refractivity contribution in [3.05, 3.63) is 29.3 Å². The van der Waals surface area contributed by atoms with Gasteiger partial charge in [-0.25, -0.2) is 0 Å². The van der Waals surface area contributed by atoms with Gasteiger partial charge >= 0.3 is 0 Å². The minimum Gasteiger partial charge on any atom is -0.360 e. The molecule has 0 aliphatic rings. The fourth-order valence-corrected chi connectivity index (χ4v) is 3.46. The van der Waals surface area contributed by atoms with Crippen LogP contribution in [-0.2, 0) is 4.79 Å². The molecule has 0 atom stereocenters. The summed E-state index contributed by atoms with van der Waals surface area (Å²) in [6.07, 6.45) is 1.04. The molecule has 1 heterocycles. The van der Waals surface area contributed by atoms with Crippen molar-refractivity contribution < 1.29 is 4.79 Å². The zero-order chi connectivity index (χ0) is 15.9. The van der Waals surface area contributed by atoms with Gasteiger partial charge in [-0.05, 0) is 31.4 Å². The second-order valence-electron chi connectivity index (χ2n) is 4.90. The highest BCUT2D eigenvalue weighted by atomic mass is 32.2. The number of thioether (sulfide) groups is 1. The molecule has 5 nitrogen and oxygen atoms in total. The van der Waals surface area contributed by atoms with Crippen molar-refractivity contribution in [1.29, 1.82) is 0 Å². The van der Waals surface area contributed by atoms with Crippen molar-refractivity contribution in [1.82, 2.24) is 10.2 Å². The Balaban J connectivity index is 1.86. The van der Waals surface area contributed by atoms with Crippen molar-refractivity contribution in [3.8, 4) is 0 Å². The summed E-state index contributed by atoms with van der Waals surface area (Å²) < 4.78 is 0.801. The molecule has 0 aliphatic carbocycles. The van der Waals surface area contributed by atoms with E-state index < -0.39 is 0 Å². The van der Waals surface area contributed by atoms with E-state index in [0.29, 0.717) is 5.75 Å². The maximum absolute atomic E-state index is 12.1. The Morgan fingerprint density at radius 1 is 1.27 bits per heavy atom. The molecule has 0 spiro atoms. The van der Waals surface area contributed by atoms with E-state index in [-0.39, 0.29) is 5.91 Å². The second-order valence-corrected chi connectivity index (χ2v) is 7.10. The molecule has 0 saturated heterocycles. The highest BCUT2D eigenvalue weighted by molar-refractivity contribution is 8.01. The van der Waals surface area contributed by atoms with Gasteiger partial charge in [0.25, 0.3) is 0 Å². The second kappa shape index (κ2) is 8.14. The Morgan fingerprint density at radius 3 is 2.68 bits per heavy atom. The van der Waals surface area contributed by atoms with E-state index in [1.807, 2.05) is 32.0 Å². The predicted octanol–water partition coefficient (Wildman–Crippen LogP) is 3.71. The standard InChI is InChI=1S/C15H20N4OS2/c1-4-8-16-14-18-19-15(22-14)21-9-12(20)17-13-10(2)6-5-7-11(13)3/h5-7H,4,8-9H2,1-3H3,(H,16,18)(H,17,20). The van der Waals surface area contributed by atoms with Crippen molar-refractivity contribution in [2.75, 3.05) is 22.9 Å². The van der Waals surface area contributed by atoms with Gasteiger partial charge in [0.1, 0.15) is 0 Å². The Morgan fingerprint density at radius 2 is 2.00 bits per heavy atom.